The number of halogens is 1. The zero-order valence-corrected chi connectivity index (χ0v) is 8.96. The largest absolute Gasteiger partial charge is 0.507 e. The first-order valence-electron chi connectivity index (χ1n) is 4.01. The normalized spacial score (nSPS) is 10.7. The fourth-order valence-electron chi connectivity index (χ4n) is 1.33. The summed E-state index contributed by atoms with van der Waals surface area (Å²) in [6.07, 6.45) is 0. The molecule has 0 spiro atoms. The fourth-order valence-corrected chi connectivity index (χ4v) is 1.67. The summed E-state index contributed by atoms with van der Waals surface area (Å²) in [5, 5.41) is 10.2. The monoisotopic (exact) mass is 254 g/mol. The number of phenols is 1. The van der Waals surface area contributed by atoms with Crippen molar-refractivity contribution in [3.63, 3.8) is 0 Å². The summed E-state index contributed by atoms with van der Waals surface area (Å²) < 4.78 is 5.53. The minimum Gasteiger partial charge on any atom is -0.507 e. The molecule has 1 aromatic heterocycles. The number of hydrogen-bond acceptors (Lipinski definition) is 3. The first-order chi connectivity index (χ1) is 6.58. The second kappa shape index (κ2) is 3.13. The van der Waals surface area contributed by atoms with Gasteiger partial charge in [-0.25, -0.2) is 4.79 Å². The Hall–Kier alpha value is -1.29. The molecule has 0 fully saturated rings. The van der Waals surface area contributed by atoms with Gasteiger partial charge < -0.3 is 9.52 Å². The molecule has 0 aliphatic carbocycles. The van der Waals surface area contributed by atoms with Gasteiger partial charge in [0.15, 0.2) is 0 Å². The van der Waals surface area contributed by atoms with Crippen molar-refractivity contribution in [2.24, 2.45) is 0 Å². The maximum absolute atomic E-state index is 11.0. The number of benzene rings is 1. The van der Waals surface area contributed by atoms with Gasteiger partial charge in [0, 0.05) is 17.5 Å². The Bertz CT molecular complexity index is 557. The molecule has 0 bridgehead atoms. The van der Waals surface area contributed by atoms with Gasteiger partial charge in [-0.2, -0.15) is 0 Å². The van der Waals surface area contributed by atoms with Crippen LogP contribution in [0.25, 0.3) is 11.0 Å². The van der Waals surface area contributed by atoms with E-state index in [9.17, 15) is 9.90 Å². The van der Waals surface area contributed by atoms with E-state index in [1.807, 2.05) is 6.92 Å². The zero-order valence-electron chi connectivity index (χ0n) is 7.37. The van der Waals surface area contributed by atoms with E-state index in [-0.39, 0.29) is 5.75 Å². The lowest BCUT2D eigenvalue weighted by molar-refractivity contribution is 0.469. The summed E-state index contributed by atoms with van der Waals surface area (Å²) >= 11 is 3.20. The lowest BCUT2D eigenvalue weighted by Gasteiger charge is -2.02. The lowest BCUT2D eigenvalue weighted by Crippen LogP contribution is -1.97. The molecule has 2 aromatic rings. The molecule has 0 atom stereocenters. The maximum atomic E-state index is 11.0. The third-order valence-corrected chi connectivity index (χ3v) is 2.65. The van der Waals surface area contributed by atoms with Crippen molar-refractivity contribution in [2.75, 3.05) is 0 Å². The number of aryl methyl sites for hydroxylation is 1. The molecule has 1 aromatic carbocycles. The molecule has 0 saturated carbocycles. The van der Waals surface area contributed by atoms with Crippen LogP contribution in [-0.4, -0.2) is 5.11 Å². The molecule has 4 heteroatoms. The van der Waals surface area contributed by atoms with Gasteiger partial charge in [0.25, 0.3) is 0 Å². The molecule has 3 nitrogen and oxygen atoms in total. The summed E-state index contributed by atoms with van der Waals surface area (Å²) in [6, 6.07) is 4.57. The molecule has 0 saturated heterocycles. The molecular formula is C10H7BrO3. The number of rotatable bonds is 0. The van der Waals surface area contributed by atoms with Crippen LogP contribution in [0.3, 0.4) is 0 Å². The van der Waals surface area contributed by atoms with E-state index < -0.39 is 5.63 Å². The molecule has 2 rings (SSSR count). The first-order valence-corrected chi connectivity index (χ1v) is 4.80. The van der Waals surface area contributed by atoms with Crippen LogP contribution in [0.5, 0.6) is 5.75 Å². The van der Waals surface area contributed by atoms with Gasteiger partial charge in [-0.15, -0.1) is 0 Å². The molecule has 0 aliphatic heterocycles. The van der Waals surface area contributed by atoms with Crippen LogP contribution >= 0.6 is 15.9 Å². The number of hydrogen-bond donors (Lipinski definition) is 1. The van der Waals surface area contributed by atoms with Crippen LogP contribution in [0, 0.1) is 6.92 Å². The third-order valence-electron chi connectivity index (χ3n) is 2.02. The summed E-state index contributed by atoms with van der Waals surface area (Å²) in [7, 11) is 0. The summed E-state index contributed by atoms with van der Waals surface area (Å²) in [4.78, 5) is 11.0. The van der Waals surface area contributed by atoms with E-state index in [2.05, 4.69) is 15.9 Å². The Balaban J connectivity index is 2.96. The molecule has 14 heavy (non-hydrogen) atoms. The molecule has 72 valence electrons. The summed E-state index contributed by atoms with van der Waals surface area (Å²) in [5.41, 5.74) is 0.823. The highest BCUT2D eigenvalue weighted by atomic mass is 79.9. The maximum Gasteiger partial charge on any atom is 0.336 e. The Labute approximate surface area is 88.1 Å². The third kappa shape index (κ3) is 1.42. The minimum absolute atomic E-state index is 0.0613. The molecular weight excluding hydrogens is 248 g/mol. The smallest absolute Gasteiger partial charge is 0.336 e. The predicted molar refractivity (Wildman–Crippen MR) is 56.6 cm³/mol. The van der Waals surface area contributed by atoms with Crippen molar-refractivity contribution in [1.82, 2.24) is 0 Å². The Morgan fingerprint density at radius 1 is 1.36 bits per heavy atom. The average Bonchev–Trinajstić information content (AvgIpc) is 2.08. The van der Waals surface area contributed by atoms with Crippen LogP contribution in [0.1, 0.15) is 5.56 Å². The highest BCUT2D eigenvalue weighted by molar-refractivity contribution is 9.10. The number of phenolic OH excluding ortho intramolecular Hbond substituents is 1. The van der Waals surface area contributed by atoms with Crippen molar-refractivity contribution < 1.29 is 9.52 Å². The topological polar surface area (TPSA) is 50.4 Å². The van der Waals surface area contributed by atoms with Crippen LogP contribution in [-0.2, 0) is 0 Å². The van der Waals surface area contributed by atoms with Crippen LogP contribution in [0.15, 0.2) is 31.9 Å². The van der Waals surface area contributed by atoms with Gasteiger partial charge in [-0.1, -0.05) is 0 Å². The summed E-state index contributed by atoms with van der Waals surface area (Å²) in [5.74, 6) is 0.0613. The van der Waals surface area contributed by atoms with E-state index in [1.165, 1.54) is 12.1 Å². The van der Waals surface area contributed by atoms with Gasteiger partial charge in [-0.3, -0.25) is 0 Å². The molecule has 1 N–H and O–H groups in total. The van der Waals surface area contributed by atoms with E-state index in [0.717, 1.165) is 10.9 Å². The van der Waals surface area contributed by atoms with Crippen LogP contribution < -0.4 is 5.63 Å². The molecule has 0 aliphatic rings. The highest BCUT2D eigenvalue weighted by Crippen LogP contribution is 2.29. The molecule has 0 unspecified atom stereocenters. The summed E-state index contributed by atoms with van der Waals surface area (Å²) in [6.45, 7) is 1.82. The van der Waals surface area contributed by atoms with Crippen LogP contribution in [0.4, 0.5) is 0 Å². The second-order valence-corrected chi connectivity index (χ2v) is 3.90. The fraction of sp³-hybridized carbons (Fsp3) is 0.100. The standard InChI is InChI=1S/C10H7BrO3/c1-5-2-10(13)14-9-4-8(12)7(11)3-6(5)9/h2-4,12H,1H3. The average molecular weight is 255 g/mol. The van der Waals surface area contributed by atoms with Gasteiger partial charge >= 0.3 is 5.63 Å². The van der Waals surface area contributed by atoms with Crippen molar-refractivity contribution in [2.45, 2.75) is 6.92 Å². The number of fused-ring (bicyclic) bond motifs is 1. The van der Waals surface area contributed by atoms with E-state index in [4.69, 9.17) is 4.42 Å². The van der Waals surface area contributed by atoms with Crippen LogP contribution in [0.2, 0.25) is 0 Å². The van der Waals surface area contributed by atoms with E-state index >= 15 is 0 Å². The zero-order chi connectivity index (χ0) is 10.3. The number of aromatic hydroxyl groups is 1. The highest BCUT2D eigenvalue weighted by Gasteiger charge is 2.06. The SMILES string of the molecule is Cc1cc(=O)oc2cc(O)c(Br)cc12. The quantitative estimate of drug-likeness (QED) is 0.736. The van der Waals surface area contributed by atoms with Gasteiger partial charge in [-0.05, 0) is 34.5 Å². The van der Waals surface area contributed by atoms with E-state index in [0.29, 0.717) is 10.1 Å². The predicted octanol–water partition coefficient (Wildman–Crippen LogP) is 2.57. The van der Waals surface area contributed by atoms with Gasteiger partial charge in [0.2, 0.25) is 0 Å². The second-order valence-electron chi connectivity index (χ2n) is 3.05. The Morgan fingerprint density at radius 2 is 2.07 bits per heavy atom. The van der Waals surface area contributed by atoms with Gasteiger partial charge in [0.1, 0.15) is 11.3 Å². The van der Waals surface area contributed by atoms with Crippen molar-refractivity contribution >= 4 is 26.9 Å². The van der Waals surface area contributed by atoms with Crippen molar-refractivity contribution in [1.29, 1.82) is 0 Å². The molecule has 1 heterocycles. The first kappa shape index (κ1) is 9.27. The van der Waals surface area contributed by atoms with Crippen molar-refractivity contribution in [3.8, 4) is 5.75 Å². The molecule has 0 radical (unpaired) electrons. The Kier molecular flexibility index (Phi) is 2.07. The van der Waals surface area contributed by atoms with Gasteiger partial charge in [0.05, 0.1) is 4.47 Å². The Morgan fingerprint density at radius 3 is 2.79 bits per heavy atom. The molecule has 0 amide bonds. The lowest BCUT2D eigenvalue weighted by atomic mass is 10.1. The van der Waals surface area contributed by atoms with E-state index in [1.54, 1.807) is 6.07 Å². The van der Waals surface area contributed by atoms with Crippen molar-refractivity contribution in [3.05, 3.63) is 38.7 Å². The minimum atomic E-state index is -0.406.